The third kappa shape index (κ3) is 6.30. The number of carbonyl (C=O) groups is 2. The van der Waals surface area contributed by atoms with Crippen molar-refractivity contribution in [2.45, 2.75) is 13.1 Å². The Morgan fingerprint density at radius 3 is 2.41 bits per heavy atom. The fourth-order valence-electron chi connectivity index (χ4n) is 5.21. The molecule has 0 N–H and O–H groups in total. The van der Waals surface area contributed by atoms with Gasteiger partial charge in [-0.15, -0.1) is 0 Å². The van der Waals surface area contributed by atoms with E-state index in [0.717, 1.165) is 9.47 Å². The number of aryl methyl sites for hydroxylation is 1. The van der Waals surface area contributed by atoms with Crippen LogP contribution in [0.2, 0.25) is 10.0 Å². The van der Waals surface area contributed by atoms with Gasteiger partial charge in [-0.1, -0.05) is 53.5 Å². The number of benzene rings is 3. The Morgan fingerprint density at radius 1 is 0.939 bits per heavy atom. The molecule has 1 aliphatic rings. The number of para-hydroxylation sites is 1. The van der Waals surface area contributed by atoms with Gasteiger partial charge in [0.25, 0.3) is 22.4 Å². The number of nitrogens with zero attached hydrogens (tertiary/aromatic N) is 6. The summed E-state index contributed by atoms with van der Waals surface area (Å²) in [6.45, 7) is -0.218. The highest BCUT2D eigenvalue weighted by molar-refractivity contribution is 8.18. The Morgan fingerprint density at radius 2 is 1.69 bits per heavy atom. The first-order chi connectivity index (χ1) is 23.4. The van der Waals surface area contributed by atoms with Crippen LogP contribution in [-0.2, 0) is 32.0 Å². The molecule has 49 heavy (non-hydrogen) atoms. The van der Waals surface area contributed by atoms with E-state index in [9.17, 15) is 29.3 Å². The van der Waals surface area contributed by atoms with Crippen LogP contribution in [0.25, 0.3) is 17.2 Å². The van der Waals surface area contributed by atoms with Crippen LogP contribution in [0.3, 0.4) is 0 Å². The number of carbonyl (C=O) groups excluding carboxylic acids is 2. The number of amides is 2. The molecule has 17 heteroatoms. The van der Waals surface area contributed by atoms with E-state index in [-0.39, 0.29) is 57.9 Å². The van der Waals surface area contributed by atoms with Crippen molar-refractivity contribution in [1.29, 1.82) is 0 Å². The van der Waals surface area contributed by atoms with E-state index in [1.54, 1.807) is 42.5 Å². The lowest BCUT2D eigenvalue weighted by Crippen LogP contribution is -2.37. The highest BCUT2D eigenvalue weighted by Crippen LogP contribution is 2.38. The Bertz CT molecular complexity index is 2370. The quantitative estimate of drug-likeness (QED) is 0.104. The van der Waals surface area contributed by atoms with Gasteiger partial charge in [0.2, 0.25) is 0 Å². The molecule has 0 bridgehead atoms. The van der Waals surface area contributed by atoms with Gasteiger partial charge in [0, 0.05) is 35.8 Å². The molecule has 1 fully saturated rings. The van der Waals surface area contributed by atoms with Gasteiger partial charge in [0.05, 0.1) is 30.0 Å². The number of ether oxygens (including phenoxy) is 2. The van der Waals surface area contributed by atoms with Crippen molar-refractivity contribution in [3.8, 4) is 17.5 Å². The maximum Gasteiger partial charge on any atom is 0.332 e. The molecular formula is C32H24Cl2N6O8S. The average molecular weight is 724 g/mol. The zero-order valence-corrected chi connectivity index (χ0v) is 28.2. The zero-order chi connectivity index (χ0) is 35.1. The molecule has 0 radical (unpaired) electrons. The van der Waals surface area contributed by atoms with E-state index in [1.807, 2.05) is 0 Å². The van der Waals surface area contributed by atoms with Crippen LogP contribution in [-0.4, -0.2) is 46.8 Å². The van der Waals surface area contributed by atoms with Crippen molar-refractivity contribution in [3.05, 3.63) is 123 Å². The van der Waals surface area contributed by atoms with Crippen molar-refractivity contribution < 1.29 is 24.0 Å². The molecule has 0 spiro atoms. The summed E-state index contributed by atoms with van der Waals surface area (Å²) in [7, 11) is 4.25. The second-order valence-corrected chi connectivity index (χ2v) is 12.6. The second-order valence-electron chi connectivity index (χ2n) is 10.8. The number of aromatic nitrogens is 4. The van der Waals surface area contributed by atoms with Gasteiger partial charge in [-0.3, -0.25) is 43.1 Å². The van der Waals surface area contributed by atoms with Crippen LogP contribution in [0.5, 0.6) is 17.5 Å². The van der Waals surface area contributed by atoms with Gasteiger partial charge < -0.3 is 9.47 Å². The summed E-state index contributed by atoms with van der Waals surface area (Å²) in [6.07, 6.45) is 1.49. The Kier molecular flexibility index (Phi) is 9.07. The normalized spacial score (nSPS) is 13.9. The van der Waals surface area contributed by atoms with Crippen molar-refractivity contribution in [2.75, 3.05) is 7.11 Å². The molecule has 3 aromatic carbocycles. The average Bonchev–Trinajstić information content (AvgIpc) is 3.56. The van der Waals surface area contributed by atoms with E-state index in [2.05, 4.69) is 4.98 Å². The van der Waals surface area contributed by atoms with Gasteiger partial charge in [-0.25, -0.2) is 4.79 Å². The van der Waals surface area contributed by atoms with Gasteiger partial charge >= 0.3 is 11.7 Å². The van der Waals surface area contributed by atoms with Gasteiger partial charge in [-0.05, 0) is 53.2 Å². The highest BCUT2D eigenvalue weighted by Gasteiger charge is 2.36. The van der Waals surface area contributed by atoms with Crippen LogP contribution in [0.4, 0.5) is 10.5 Å². The Balaban J connectivity index is 1.34. The fraction of sp³-hybridized carbons (Fsp3) is 0.156. The lowest BCUT2D eigenvalue weighted by atomic mass is 10.1. The van der Waals surface area contributed by atoms with E-state index >= 15 is 0 Å². The van der Waals surface area contributed by atoms with Crippen LogP contribution in [0.15, 0.2) is 75.2 Å². The smallest absolute Gasteiger partial charge is 0.332 e. The maximum atomic E-state index is 13.3. The molecule has 2 amide bonds. The number of nitro groups is 1. The van der Waals surface area contributed by atoms with Gasteiger partial charge in [-0.2, -0.15) is 4.98 Å². The van der Waals surface area contributed by atoms with Crippen molar-refractivity contribution in [2.24, 2.45) is 14.1 Å². The number of imide groups is 1. The van der Waals surface area contributed by atoms with Gasteiger partial charge in [0.1, 0.15) is 0 Å². The largest absolute Gasteiger partial charge is 0.493 e. The predicted octanol–water partition coefficient (Wildman–Crippen LogP) is 5.73. The number of halogens is 2. The van der Waals surface area contributed by atoms with Gasteiger partial charge in [0.15, 0.2) is 22.7 Å². The van der Waals surface area contributed by atoms with Crippen molar-refractivity contribution in [3.63, 3.8) is 0 Å². The summed E-state index contributed by atoms with van der Waals surface area (Å²) in [4.78, 5) is 68.4. The standard InChI is InChI=1S/C32H24Cl2N6O8S/c1-36-27-26(29(42)37(2)31(36)43)38(15-18-9-10-20(33)14-21(18)34)30(35-27)48-23-11-8-17(12-24(23)47-3)13-25-28(41)39(32(44)49-25)16-19-6-4-5-7-22(19)40(45)46/h4-14H,15-16H2,1-3H3/b25-13-. The molecule has 1 saturated heterocycles. The minimum atomic E-state index is -0.603. The lowest BCUT2D eigenvalue weighted by Gasteiger charge is -2.14. The first kappa shape index (κ1) is 33.5. The minimum absolute atomic E-state index is 0.0395. The van der Waals surface area contributed by atoms with E-state index in [0.29, 0.717) is 32.9 Å². The zero-order valence-electron chi connectivity index (χ0n) is 25.9. The molecule has 3 heterocycles. The van der Waals surface area contributed by atoms with Crippen LogP contribution >= 0.6 is 35.0 Å². The lowest BCUT2D eigenvalue weighted by molar-refractivity contribution is -0.385. The van der Waals surface area contributed by atoms with Crippen molar-refractivity contribution >= 4 is 69.0 Å². The molecule has 0 unspecified atom stereocenters. The summed E-state index contributed by atoms with van der Waals surface area (Å²) in [6, 6.07) is 15.5. The summed E-state index contributed by atoms with van der Waals surface area (Å²) in [5.74, 6) is -0.197. The van der Waals surface area contributed by atoms with E-state index < -0.39 is 27.3 Å². The van der Waals surface area contributed by atoms with Crippen LogP contribution < -0.4 is 20.7 Å². The first-order valence-electron chi connectivity index (χ1n) is 14.3. The van der Waals surface area contributed by atoms with Crippen LogP contribution in [0.1, 0.15) is 16.7 Å². The molecule has 0 atom stereocenters. The monoisotopic (exact) mass is 722 g/mol. The third-order valence-corrected chi connectivity index (χ3v) is 9.23. The summed E-state index contributed by atoms with van der Waals surface area (Å²) in [5.41, 5.74) is 0.121. The molecule has 0 aliphatic carbocycles. The van der Waals surface area contributed by atoms with E-state index in [1.165, 1.54) is 54.6 Å². The van der Waals surface area contributed by atoms with E-state index in [4.69, 9.17) is 32.7 Å². The molecule has 250 valence electrons. The number of imidazole rings is 1. The second kappa shape index (κ2) is 13.3. The number of nitro benzene ring substituents is 1. The summed E-state index contributed by atoms with van der Waals surface area (Å²) < 4.78 is 15.5. The predicted molar refractivity (Wildman–Crippen MR) is 183 cm³/mol. The molecule has 2 aromatic heterocycles. The number of hydrogen-bond donors (Lipinski definition) is 0. The number of methoxy groups -OCH3 is 1. The summed E-state index contributed by atoms with van der Waals surface area (Å²) in [5, 5.41) is 11.6. The Labute approximate surface area is 290 Å². The molecule has 14 nitrogen and oxygen atoms in total. The first-order valence-corrected chi connectivity index (χ1v) is 15.9. The number of hydrogen-bond acceptors (Lipinski definition) is 10. The third-order valence-electron chi connectivity index (χ3n) is 7.73. The van der Waals surface area contributed by atoms with Crippen LogP contribution in [0, 0.1) is 10.1 Å². The fourth-order valence-corrected chi connectivity index (χ4v) is 6.52. The summed E-state index contributed by atoms with van der Waals surface area (Å²) >= 11 is 13.3. The molecule has 6 rings (SSSR count). The molecule has 5 aromatic rings. The molecule has 0 saturated carbocycles. The number of thioether (sulfide) groups is 1. The molecular weight excluding hydrogens is 699 g/mol. The Hall–Kier alpha value is -5.38. The highest BCUT2D eigenvalue weighted by atomic mass is 35.5. The number of fused-ring (bicyclic) bond motifs is 1. The van der Waals surface area contributed by atoms with Crippen molar-refractivity contribution in [1.82, 2.24) is 23.6 Å². The minimum Gasteiger partial charge on any atom is -0.493 e. The number of rotatable bonds is 9. The molecule has 1 aliphatic heterocycles. The topological polar surface area (TPSA) is 161 Å². The maximum absolute atomic E-state index is 13.3. The SMILES string of the molecule is COc1cc(/C=C2\SC(=O)N(Cc3ccccc3[N+](=O)[O-])C2=O)ccc1Oc1nc2c(c(=O)n(C)c(=O)n2C)n1Cc1ccc(Cl)cc1Cl.